The summed E-state index contributed by atoms with van der Waals surface area (Å²) in [5.74, 6) is 0.231. The first-order chi connectivity index (χ1) is 14.7. The number of nitrogens with zero attached hydrogens (tertiary/aromatic N) is 5. The molecular weight excluding hydrogens is 379 g/mol. The van der Waals surface area contributed by atoms with Crippen molar-refractivity contribution in [3.63, 3.8) is 0 Å². The first-order valence-electron chi connectivity index (χ1n) is 10.1. The van der Waals surface area contributed by atoms with Gasteiger partial charge < -0.3 is 15.1 Å². The van der Waals surface area contributed by atoms with E-state index in [1.54, 1.807) is 10.6 Å². The van der Waals surface area contributed by atoms with Crippen LogP contribution in [0.4, 0.5) is 21.7 Å². The number of pyridine rings is 1. The summed E-state index contributed by atoms with van der Waals surface area (Å²) in [4.78, 5) is 9.32. The quantitative estimate of drug-likeness (QED) is 0.559. The smallest absolute Gasteiger partial charge is 0.247 e. The fourth-order valence-electron chi connectivity index (χ4n) is 3.77. The van der Waals surface area contributed by atoms with E-state index in [9.17, 15) is 4.39 Å². The number of anilines is 3. The van der Waals surface area contributed by atoms with Crippen LogP contribution in [-0.4, -0.2) is 52.7 Å². The third-order valence-corrected chi connectivity index (χ3v) is 5.47. The molecule has 0 atom stereocenters. The molecule has 3 heterocycles. The molecule has 1 aliphatic rings. The molecule has 0 aliphatic carbocycles. The van der Waals surface area contributed by atoms with Gasteiger partial charge in [-0.3, -0.25) is 0 Å². The van der Waals surface area contributed by atoms with Crippen LogP contribution >= 0.6 is 0 Å². The summed E-state index contributed by atoms with van der Waals surface area (Å²) in [6.07, 6.45) is 0. The summed E-state index contributed by atoms with van der Waals surface area (Å²) in [6.45, 7) is 4.25. The van der Waals surface area contributed by atoms with Crippen molar-refractivity contribution in [2.24, 2.45) is 0 Å². The van der Waals surface area contributed by atoms with E-state index in [1.807, 2.05) is 36.4 Å². The van der Waals surface area contributed by atoms with Gasteiger partial charge in [-0.15, -0.1) is 5.10 Å². The molecule has 5 rings (SSSR count). The molecule has 6 nitrogen and oxygen atoms in total. The summed E-state index contributed by atoms with van der Waals surface area (Å²) >= 11 is 0. The summed E-state index contributed by atoms with van der Waals surface area (Å²) in [5.41, 5.74) is 4.40. The Balaban J connectivity index is 1.38. The first kappa shape index (κ1) is 18.6. The van der Waals surface area contributed by atoms with Gasteiger partial charge in [-0.25, -0.2) is 8.91 Å². The fourth-order valence-corrected chi connectivity index (χ4v) is 3.77. The summed E-state index contributed by atoms with van der Waals surface area (Å²) in [6, 6.07) is 20.5. The number of rotatable bonds is 4. The van der Waals surface area contributed by atoms with Crippen LogP contribution in [0.2, 0.25) is 0 Å². The Bertz CT molecular complexity index is 1160. The minimum Gasteiger partial charge on any atom is -0.369 e. The number of hydrogen-bond acceptors (Lipinski definition) is 5. The Labute approximate surface area is 174 Å². The third kappa shape index (κ3) is 3.71. The largest absolute Gasteiger partial charge is 0.369 e. The Morgan fingerprint density at radius 3 is 2.43 bits per heavy atom. The van der Waals surface area contributed by atoms with Crippen molar-refractivity contribution < 1.29 is 4.39 Å². The number of piperazine rings is 1. The van der Waals surface area contributed by atoms with Crippen LogP contribution in [0.25, 0.3) is 16.9 Å². The Morgan fingerprint density at radius 2 is 1.67 bits per heavy atom. The van der Waals surface area contributed by atoms with Gasteiger partial charge >= 0.3 is 0 Å². The summed E-state index contributed by atoms with van der Waals surface area (Å²) < 4.78 is 15.4. The second kappa shape index (κ2) is 7.76. The number of halogens is 1. The molecule has 2 aromatic heterocycles. The second-order valence-corrected chi connectivity index (χ2v) is 7.59. The molecule has 1 saturated heterocycles. The van der Waals surface area contributed by atoms with E-state index in [0.29, 0.717) is 11.6 Å². The average Bonchev–Trinajstić information content (AvgIpc) is 3.17. The third-order valence-electron chi connectivity index (χ3n) is 5.47. The molecule has 0 bridgehead atoms. The van der Waals surface area contributed by atoms with Crippen molar-refractivity contribution in [2.45, 2.75) is 0 Å². The van der Waals surface area contributed by atoms with E-state index in [4.69, 9.17) is 0 Å². The van der Waals surface area contributed by atoms with Crippen molar-refractivity contribution in [3.05, 3.63) is 72.5 Å². The summed E-state index contributed by atoms with van der Waals surface area (Å²) in [5, 5.41) is 7.87. The SMILES string of the molecule is CN1CCN(c2ccc(Nc3nc4cccc(-c5cccc(F)c5)n4n3)cc2)CC1. The normalized spacial score (nSPS) is 14.9. The minimum absolute atomic E-state index is 0.275. The van der Waals surface area contributed by atoms with Gasteiger partial charge in [0.1, 0.15) is 5.82 Å². The van der Waals surface area contributed by atoms with Crippen molar-refractivity contribution in [3.8, 4) is 11.3 Å². The van der Waals surface area contributed by atoms with Crippen molar-refractivity contribution in [1.82, 2.24) is 19.5 Å². The van der Waals surface area contributed by atoms with Gasteiger partial charge in [0.2, 0.25) is 5.95 Å². The van der Waals surface area contributed by atoms with Crippen LogP contribution in [0.5, 0.6) is 0 Å². The highest BCUT2D eigenvalue weighted by molar-refractivity contribution is 5.65. The van der Waals surface area contributed by atoms with Gasteiger partial charge in [0.05, 0.1) is 5.69 Å². The maximum atomic E-state index is 13.7. The molecule has 0 unspecified atom stereocenters. The molecule has 7 heteroatoms. The molecule has 0 saturated carbocycles. The fraction of sp³-hybridized carbons (Fsp3) is 0.217. The van der Waals surface area contributed by atoms with Crippen LogP contribution < -0.4 is 10.2 Å². The number of hydrogen-bond donors (Lipinski definition) is 1. The zero-order valence-corrected chi connectivity index (χ0v) is 16.8. The van der Waals surface area contributed by atoms with Crippen LogP contribution in [0.1, 0.15) is 0 Å². The molecule has 152 valence electrons. The van der Waals surface area contributed by atoms with E-state index in [1.165, 1.54) is 17.8 Å². The molecule has 0 amide bonds. The van der Waals surface area contributed by atoms with E-state index in [2.05, 4.69) is 44.4 Å². The molecule has 1 N–H and O–H groups in total. The van der Waals surface area contributed by atoms with E-state index < -0.39 is 0 Å². The number of fused-ring (bicyclic) bond motifs is 1. The molecule has 2 aromatic carbocycles. The van der Waals surface area contributed by atoms with Crippen LogP contribution in [0.3, 0.4) is 0 Å². The molecule has 0 radical (unpaired) electrons. The number of aromatic nitrogens is 3. The van der Waals surface area contributed by atoms with Crippen molar-refractivity contribution >= 4 is 23.0 Å². The van der Waals surface area contributed by atoms with Crippen LogP contribution in [-0.2, 0) is 0 Å². The Morgan fingerprint density at radius 1 is 0.900 bits per heavy atom. The van der Waals surface area contributed by atoms with Gasteiger partial charge in [0.25, 0.3) is 0 Å². The maximum Gasteiger partial charge on any atom is 0.247 e. The summed E-state index contributed by atoms with van der Waals surface area (Å²) in [7, 11) is 2.16. The highest BCUT2D eigenvalue weighted by atomic mass is 19.1. The lowest BCUT2D eigenvalue weighted by molar-refractivity contribution is 0.313. The second-order valence-electron chi connectivity index (χ2n) is 7.59. The van der Waals surface area contributed by atoms with Crippen molar-refractivity contribution in [1.29, 1.82) is 0 Å². The predicted molar refractivity (Wildman–Crippen MR) is 118 cm³/mol. The van der Waals surface area contributed by atoms with E-state index in [0.717, 1.165) is 43.1 Å². The van der Waals surface area contributed by atoms with E-state index >= 15 is 0 Å². The molecule has 30 heavy (non-hydrogen) atoms. The predicted octanol–water partition coefficient (Wildman–Crippen LogP) is 4.03. The molecule has 1 aliphatic heterocycles. The standard InChI is InChI=1S/C23H23FN6/c1-28-12-14-29(15-13-28)20-10-8-19(9-11-20)25-23-26-22-7-3-6-21(30(22)27-23)17-4-2-5-18(24)16-17/h2-11,16H,12-15H2,1H3,(H,25,27). The van der Waals surface area contributed by atoms with Gasteiger partial charge in [0, 0.05) is 43.1 Å². The first-order valence-corrected chi connectivity index (χ1v) is 10.1. The van der Waals surface area contributed by atoms with Gasteiger partial charge in [0.15, 0.2) is 5.65 Å². The average molecular weight is 402 g/mol. The van der Waals surface area contributed by atoms with E-state index in [-0.39, 0.29) is 5.82 Å². The van der Waals surface area contributed by atoms with Gasteiger partial charge in [-0.2, -0.15) is 4.98 Å². The zero-order valence-electron chi connectivity index (χ0n) is 16.8. The Kier molecular flexibility index (Phi) is 4.80. The van der Waals surface area contributed by atoms with Crippen LogP contribution in [0.15, 0.2) is 66.7 Å². The lowest BCUT2D eigenvalue weighted by Crippen LogP contribution is -2.44. The van der Waals surface area contributed by atoms with Gasteiger partial charge in [-0.1, -0.05) is 18.2 Å². The molecular formula is C23H23FN6. The van der Waals surface area contributed by atoms with Crippen molar-refractivity contribution in [2.75, 3.05) is 43.4 Å². The maximum absolute atomic E-state index is 13.7. The Hall–Kier alpha value is -3.45. The molecule has 0 spiro atoms. The molecule has 4 aromatic rings. The molecule has 1 fully saturated rings. The highest BCUT2D eigenvalue weighted by Gasteiger charge is 2.14. The minimum atomic E-state index is -0.275. The lowest BCUT2D eigenvalue weighted by atomic mass is 10.1. The number of benzene rings is 2. The lowest BCUT2D eigenvalue weighted by Gasteiger charge is -2.34. The number of likely N-dealkylation sites (N-methyl/N-ethyl adjacent to an activating group) is 1. The van der Waals surface area contributed by atoms with Gasteiger partial charge in [-0.05, 0) is 55.6 Å². The monoisotopic (exact) mass is 402 g/mol. The van der Waals surface area contributed by atoms with Crippen LogP contribution in [0, 0.1) is 5.82 Å². The number of nitrogens with one attached hydrogen (secondary N) is 1. The topological polar surface area (TPSA) is 48.7 Å². The highest BCUT2D eigenvalue weighted by Crippen LogP contribution is 2.24. The zero-order chi connectivity index (χ0) is 20.5.